The number of hydrogen-bond acceptors (Lipinski definition) is 4. The van der Waals surface area contributed by atoms with Crippen LogP contribution in [0.5, 0.6) is 0 Å². The summed E-state index contributed by atoms with van der Waals surface area (Å²) in [6.07, 6.45) is -0.645. The first-order chi connectivity index (χ1) is 11.0. The van der Waals surface area contributed by atoms with Crippen molar-refractivity contribution in [3.8, 4) is 0 Å². The van der Waals surface area contributed by atoms with Crippen LogP contribution in [0.25, 0.3) is 0 Å². The maximum Gasteiger partial charge on any atom is 0.407 e. The molecule has 0 atom stereocenters. The van der Waals surface area contributed by atoms with E-state index >= 15 is 0 Å². The molecule has 2 rings (SSSR count). The van der Waals surface area contributed by atoms with Gasteiger partial charge in [0.15, 0.2) is 5.82 Å². The van der Waals surface area contributed by atoms with Crippen LogP contribution < -0.4 is 10.6 Å². The molecular weight excluding hydrogens is 296 g/mol. The number of rotatable bonds is 6. The second kappa shape index (κ2) is 7.98. The van der Waals surface area contributed by atoms with E-state index < -0.39 is 6.09 Å². The first kappa shape index (κ1) is 16.5. The second-order valence-corrected chi connectivity index (χ2v) is 5.33. The van der Waals surface area contributed by atoms with Gasteiger partial charge in [-0.2, -0.15) is 5.10 Å². The molecule has 0 saturated carbocycles. The Labute approximate surface area is 134 Å². The minimum absolute atomic E-state index is 0.158. The van der Waals surface area contributed by atoms with Crippen LogP contribution >= 0.6 is 0 Å². The summed E-state index contributed by atoms with van der Waals surface area (Å²) >= 11 is 0. The van der Waals surface area contributed by atoms with E-state index in [0.717, 1.165) is 11.3 Å². The first-order valence-electron chi connectivity index (χ1n) is 7.34. The smallest absolute Gasteiger partial charge is 0.407 e. The number of nitrogens with zero attached hydrogens (tertiary/aromatic N) is 1. The van der Waals surface area contributed by atoms with Crippen LogP contribution in [0.15, 0.2) is 36.4 Å². The highest BCUT2D eigenvalue weighted by Gasteiger charge is 2.10. The predicted molar refractivity (Wildman–Crippen MR) is 85.9 cm³/mol. The van der Waals surface area contributed by atoms with Crippen molar-refractivity contribution >= 4 is 17.8 Å². The molecule has 0 saturated heterocycles. The average Bonchev–Trinajstić information content (AvgIpc) is 3.00. The lowest BCUT2D eigenvalue weighted by atomic mass is 10.1. The van der Waals surface area contributed by atoms with Gasteiger partial charge in [0.05, 0.1) is 0 Å². The molecule has 1 aromatic carbocycles. The minimum Gasteiger partial charge on any atom is -0.445 e. The first-order valence-corrected chi connectivity index (χ1v) is 7.34. The number of ether oxygens (including phenoxy) is 1. The van der Waals surface area contributed by atoms with E-state index in [4.69, 9.17) is 4.74 Å². The number of carbonyl (C=O) groups excluding carboxylic acids is 2. The fourth-order valence-corrected chi connectivity index (χ4v) is 1.81. The molecule has 23 heavy (non-hydrogen) atoms. The SMILES string of the molecule is CC(C)c1cc(NC(=O)CNC(=O)OCc2ccccc2)n[nH]1. The molecule has 0 spiro atoms. The van der Waals surface area contributed by atoms with Crippen LogP contribution in [0.4, 0.5) is 10.6 Å². The van der Waals surface area contributed by atoms with E-state index in [-0.39, 0.29) is 19.1 Å². The summed E-state index contributed by atoms with van der Waals surface area (Å²) < 4.78 is 5.01. The van der Waals surface area contributed by atoms with Gasteiger partial charge in [0.2, 0.25) is 5.91 Å². The van der Waals surface area contributed by atoms with Crippen LogP contribution in [0.3, 0.4) is 0 Å². The van der Waals surface area contributed by atoms with Gasteiger partial charge in [0.25, 0.3) is 0 Å². The molecule has 2 amide bonds. The Morgan fingerprint density at radius 3 is 2.65 bits per heavy atom. The molecule has 0 aliphatic heterocycles. The van der Waals surface area contributed by atoms with Gasteiger partial charge in [0.1, 0.15) is 13.2 Å². The van der Waals surface area contributed by atoms with E-state index in [1.165, 1.54) is 0 Å². The topological polar surface area (TPSA) is 96.1 Å². The lowest BCUT2D eigenvalue weighted by Crippen LogP contribution is -2.33. The van der Waals surface area contributed by atoms with E-state index in [0.29, 0.717) is 11.7 Å². The molecule has 0 radical (unpaired) electrons. The van der Waals surface area contributed by atoms with Crippen molar-refractivity contribution < 1.29 is 14.3 Å². The van der Waals surface area contributed by atoms with Crippen LogP contribution in [0.2, 0.25) is 0 Å². The number of aromatic nitrogens is 2. The molecule has 2 aromatic rings. The van der Waals surface area contributed by atoms with Gasteiger partial charge in [-0.25, -0.2) is 4.79 Å². The summed E-state index contributed by atoms with van der Waals surface area (Å²) in [6.45, 7) is 4.01. The number of amides is 2. The van der Waals surface area contributed by atoms with Gasteiger partial charge in [-0.1, -0.05) is 44.2 Å². The molecule has 7 heteroatoms. The van der Waals surface area contributed by atoms with Crippen molar-refractivity contribution in [1.29, 1.82) is 0 Å². The van der Waals surface area contributed by atoms with E-state index in [1.807, 2.05) is 44.2 Å². The zero-order valence-corrected chi connectivity index (χ0v) is 13.1. The highest BCUT2D eigenvalue weighted by molar-refractivity contribution is 5.93. The summed E-state index contributed by atoms with van der Waals surface area (Å²) in [7, 11) is 0. The number of anilines is 1. The van der Waals surface area contributed by atoms with Crippen LogP contribution in [0, 0.1) is 0 Å². The number of benzene rings is 1. The van der Waals surface area contributed by atoms with Crippen molar-refractivity contribution in [2.24, 2.45) is 0 Å². The lowest BCUT2D eigenvalue weighted by molar-refractivity contribution is -0.115. The number of carbonyl (C=O) groups is 2. The largest absolute Gasteiger partial charge is 0.445 e. The van der Waals surface area contributed by atoms with Gasteiger partial charge in [0, 0.05) is 11.8 Å². The quantitative estimate of drug-likeness (QED) is 0.762. The Balaban J connectivity index is 1.70. The number of nitrogens with one attached hydrogen (secondary N) is 3. The number of aromatic amines is 1. The summed E-state index contributed by atoms with van der Waals surface area (Å²) in [5.41, 5.74) is 1.81. The van der Waals surface area contributed by atoms with E-state index in [9.17, 15) is 9.59 Å². The molecular formula is C16H20N4O3. The third-order valence-corrected chi connectivity index (χ3v) is 3.09. The van der Waals surface area contributed by atoms with Crippen LogP contribution in [-0.4, -0.2) is 28.7 Å². The molecule has 122 valence electrons. The van der Waals surface area contributed by atoms with Gasteiger partial charge in [-0.05, 0) is 11.5 Å². The van der Waals surface area contributed by atoms with Crippen molar-refractivity contribution in [1.82, 2.24) is 15.5 Å². The fraction of sp³-hybridized carbons (Fsp3) is 0.312. The van der Waals surface area contributed by atoms with Gasteiger partial charge < -0.3 is 15.4 Å². The number of hydrogen-bond donors (Lipinski definition) is 3. The second-order valence-electron chi connectivity index (χ2n) is 5.33. The fourth-order valence-electron chi connectivity index (χ4n) is 1.81. The summed E-state index contributed by atoms with van der Waals surface area (Å²) in [4.78, 5) is 23.3. The molecule has 0 aliphatic carbocycles. The van der Waals surface area contributed by atoms with Crippen molar-refractivity contribution in [3.05, 3.63) is 47.7 Å². The lowest BCUT2D eigenvalue weighted by Gasteiger charge is -2.06. The summed E-state index contributed by atoms with van der Waals surface area (Å²) in [5.74, 6) is 0.348. The number of alkyl carbamates (subject to hydrolysis) is 1. The maximum atomic E-state index is 11.7. The Morgan fingerprint density at radius 2 is 2.00 bits per heavy atom. The highest BCUT2D eigenvalue weighted by atomic mass is 16.5. The van der Waals surface area contributed by atoms with Gasteiger partial charge in [-0.3, -0.25) is 9.89 Å². The molecule has 1 aromatic heterocycles. The zero-order chi connectivity index (χ0) is 16.7. The molecule has 0 unspecified atom stereocenters. The highest BCUT2D eigenvalue weighted by Crippen LogP contribution is 2.14. The van der Waals surface area contributed by atoms with Crippen molar-refractivity contribution in [2.75, 3.05) is 11.9 Å². The van der Waals surface area contributed by atoms with Crippen molar-refractivity contribution in [2.45, 2.75) is 26.4 Å². The molecule has 3 N–H and O–H groups in total. The van der Waals surface area contributed by atoms with Crippen LogP contribution in [0.1, 0.15) is 31.0 Å². The monoisotopic (exact) mass is 316 g/mol. The van der Waals surface area contributed by atoms with E-state index in [1.54, 1.807) is 6.07 Å². The van der Waals surface area contributed by atoms with E-state index in [2.05, 4.69) is 20.8 Å². The molecule has 7 nitrogen and oxygen atoms in total. The third-order valence-electron chi connectivity index (χ3n) is 3.09. The summed E-state index contributed by atoms with van der Waals surface area (Å²) in [6, 6.07) is 11.1. The Bertz CT molecular complexity index is 652. The molecule has 0 fully saturated rings. The van der Waals surface area contributed by atoms with Gasteiger partial charge in [-0.15, -0.1) is 0 Å². The molecule has 1 heterocycles. The third kappa shape index (κ3) is 5.46. The standard InChI is InChI=1S/C16H20N4O3/c1-11(2)13-8-14(20-19-13)18-15(21)9-17-16(22)23-10-12-6-4-3-5-7-12/h3-8,11H,9-10H2,1-2H3,(H,17,22)(H2,18,19,20,21). The maximum absolute atomic E-state index is 11.7. The Morgan fingerprint density at radius 1 is 1.26 bits per heavy atom. The average molecular weight is 316 g/mol. The molecule has 0 aliphatic rings. The van der Waals surface area contributed by atoms with Crippen molar-refractivity contribution in [3.63, 3.8) is 0 Å². The predicted octanol–water partition coefficient (Wildman–Crippen LogP) is 2.40. The Hall–Kier alpha value is -2.83. The normalized spacial score (nSPS) is 10.4. The zero-order valence-electron chi connectivity index (χ0n) is 13.1. The Kier molecular flexibility index (Phi) is 5.74. The van der Waals surface area contributed by atoms with Crippen LogP contribution in [-0.2, 0) is 16.1 Å². The minimum atomic E-state index is -0.645. The number of H-pyrrole nitrogens is 1. The van der Waals surface area contributed by atoms with Gasteiger partial charge >= 0.3 is 6.09 Å². The molecule has 0 bridgehead atoms. The summed E-state index contributed by atoms with van der Waals surface area (Å²) in [5, 5.41) is 11.8.